The molecule has 0 aromatic carbocycles. The summed E-state index contributed by atoms with van der Waals surface area (Å²) in [7, 11) is 0. The minimum atomic E-state index is 0.545. The Kier molecular flexibility index (Phi) is 7.06. The normalized spacial score (nSPS) is 13.4. The van der Waals surface area contributed by atoms with E-state index in [1.807, 2.05) is 0 Å². The van der Waals surface area contributed by atoms with Crippen molar-refractivity contribution in [3.8, 4) is 0 Å². The fourth-order valence-electron chi connectivity index (χ4n) is 2.41. The smallest absolute Gasteiger partial charge is 0.138 e. The van der Waals surface area contributed by atoms with Crippen molar-refractivity contribution in [1.82, 2.24) is 20.1 Å². The summed E-state index contributed by atoms with van der Waals surface area (Å²) in [5.41, 5.74) is 0. The van der Waals surface area contributed by atoms with Gasteiger partial charge in [-0.3, -0.25) is 4.68 Å². The second-order valence-electron chi connectivity index (χ2n) is 6.16. The van der Waals surface area contributed by atoms with Crippen LogP contribution in [0.4, 0.5) is 0 Å². The molecular weight excluding hydrogens is 236 g/mol. The van der Waals surface area contributed by atoms with Gasteiger partial charge in [0.2, 0.25) is 0 Å². The molecule has 0 bridgehead atoms. The largest absolute Gasteiger partial charge is 0.314 e. The Morgan fingerprint density at radius 1 is 1.26 bits per heavy atom. The first kappa shape index (κ1) is 16.2. The van der Waals surface area contributed by atoms with E-state index in [0.717, 1.165) is 37.7 Å². The second-order valence-corrected chi connectivity index (χ2v) is 6.16. The van der Waals surface area contributed by atoms with E-state index in [1.165, 1.54) is 6.42 Å². The number of hydrogen-bond acceptors (Lipinski definition) is 3. The molecule has 0 spiro atoms. The van der Waals surface area contributed by atoms with Gasteiger partial charge in [-0.2, -0.15) is 5.10 Å². The van der Waals surface area contributed by atoms with Gasteiger partial charge in [-0.05, 0) is 31.2 Å². The van der Waals surface area contributed by atoms with Crippen LogP contribution >= 0.6 is 0 Å². The summed E-state index contributed by atoms with van der Waals surface area (Å²) >= 11 is 0. The highest BCUT2D eigenvalue weighted by molar-refractivity contribution is 4.88. The molecule has 1 aromatic rings. The van der Waals surface area contributed by atoms with Crippen molar-refractivity contribution in [2.45, 2.75) is 66.5 Å². The zero-order chi connectivity index (χ0) is 14.3. The van der Waals surface area contributed by atoms with Crippen LogP contribution < -0.4 is 5.32 Å². The van der Waals surface area contributed by atoms with Gasteiger partial charge in [0.15, 0.2) is 0 Å². The van der Waals surface area contributed by atoms with Crippen molar-refractivity contribution in [1.29, 1.82) is 0 Å². The van der Waals surface area contributed by atoms with Crippen LogP contribution in [0.3, 0.4) is 0 Å². The van der Waals surface area contributed by atoms with Crippen LogP contribution in [-0.2, 0) is 13.0 Å². The maximum Gasteiger partial charge on any atom is 0.138 e. The molecule has 1 heterocycles. The summed E-state index contributed by atoms with van der Waals surface area (Å²) in [6, 6.07) is 0.545. The molecule has 0 aliphatic heterocycles. The molecule has 110 valence electrons. The van der Waals surface area contributed by atoms with Crippen LogP contribution in [0.25, 0.3) is 0 Å². The van der Waals surface area contributed by atoms with E-state index in [-0.39, 0.29) is 0 Å². The summed E-state index contributed by atoms with van der Waals surface area (Å²) in [6.07, 6.45) is 5.05. The Labute approximate surface area is 118 Å². The Bertz CT molecular complexity index is 344. The van der Waals surface area contributed by atoms with E-state index in [1.54, 1.807) is 6.33 Å². The van der Waals surface area contributed by atoms with E-state index in [9.17, 15) is 0 Å². The standard InChI is InChI=1S/C15H30N4/c1-6-7-19-15(17-11-18-19)9-14(8-12(2)3)10-16-13(4)5/h11-14,16H,6-10H2,1-5H3. The molecule has 0 amide bonds. The molecular formula is C15H30N4. The summed E-state index contributed by atoms with van der Waals surface area (Å²) in [5.74, 6) is 2.50. The Balaban J connectivity index is 2.61. The van der Waals surface area contributed by atoms with Crippen molar-refractivity contribution in [3.05, 3.63) is 12.2 Å². The van der Waals surface area contributed by atoms with E-state index in [4.69, 9.17) is 0 Å². The van der Waals surface area contributed by atoms with Crippen LogP contribution in [0.2, 0.25) is 0 Å². The molecule has 0 aliphatic carbocycles. The van der Waals surface area contributed by atoms with E-state index in [2.05, 4.69) is 54.7 Å². The third kappa shape index (κ3) is 6.19. The highest BCUT2D eigenvalue weighted by atomic mass is 15.3. The lowest BCUT2D eigenvalue weighted by Crippen LogP contribution is -2.31. The third-order valence-corrected chi connectivity index (χ3v) is 3.22. The molecule has 1 aromatic heterocycles. The molecule has 0 radical (unpaired) electrons. The first-order chi connectivity index (χ1) is 9.02. The van der Waals surface area contributed by atoms with Gasteiger partial charge in [-0.25, -0.2) is 4.98 Å². The highest BCUT2D eigenvalue weighted by Gasteiger charge is 2.15. The van der Waals surface area contributed by atoms with E-state index >= 15 is 0 Å². The topological polar surface area (TPSA) is 42.7 Å². The summed E-state index contributed by atoms with van der Waals surface area (Å²) in [4.78, 5) is 4.43. The fourth-order valence-corrected chi connectivity index (χ4v) is 2.41. The van der Waals surface area contributed by atoms with Gasteiger partial charge >= 0.3 is 0 Å². The predicted octanol–water partition coefficient (Wildman–Crippen LogP) is 2.89. The first-order valence-electron chi connectivity index (χ1n) is 7.63. The molecule has 4 nitrogen and oxygen atoms in total. The number of aryl methyl sites for hydroxylation is 1. The molecule has 1 rings (SSSR count). The SMILES string of the molecule is CCCn1ncnc1CC(CNC(C)C)CC(C)C. The summed E-state index contributed by atoms with van der Waals surface area (Å²) in [6.45, 7) is 13.2. The van der Waals surface area contributed by atoms with E-state index < -0.39 is 0 Å². The Morgan fingerprint density at radius 3 is 2.58 bits per heavy atom. The number of aromatic nitrogens is 3. The van der Waals surface area contributed by atoms with Crippen LogP contribution in [0.1, 0.15) is 53.3 Å². The lowest BCUT2D eigenvalue weighted by Gasteiger charge is -2.21. The first-order valence-corrected chi connectivity index (χ1v) is 7.63. The minimum Gasteiger partial charge on any atom is -0.314 e. The van der Waals surface area contributed by atoms with Crippen molar-refractivity contribution >= 4 is 0 Å². The number of hydrogen-bond donors (Lipinski definition) is 1. The average molecular weight is 266 g/mol. The van der Waals surface area contributed by atoms with Gasteiger partial charge in [-0.1, -0.05) is 34.6 Å². The second kappa shape index (κ2) is 8.31. The van der Waals surface area contributed by atoms with Crippen molar-refractivity contribution in [2.24, 2.45) is 11.8 Å². The van der Waals surface area contributed by atoms with Crippen molar-refractivity contribution in [2.75, 3.05) is 6.54 Å². The quantitative estimate of drug-likeness (QED) is 0.747. The molecule has 1 unspecified atom stereocenters. The molecule has 0 saturated heterocycles. The van der Waals surface area contributed by atoms with Crippen molar-refractivity contribution in [3.63, 3.8) is 0 Å². The molecule has 0 saturated carbocycles. The lowest BCUT2D eigenvalue weighted by atomic mass is 9.93. The molecule has 4 heteroatoms. The van der Waals surface area contributed by atoms with Gasteiger partial charge in [-0.15, -0.1) is 0 Å². The average Bonchev–Trinajstić information content (AvgIpc) is 2.73. The summed E-state index contributed by atoms with van der Waals surface area (Å²) < 4.78 is 2.06. The van der Waals surface area contributed by atoms with Crippen LogP contribution in [0, 0.1) is 11.8 Å². The van der Waals surface area contributed by atoms with Gasteiger partial charge in [0.05, 0.1) is 0 Å². The zero-order valence-corrected chi connectivity index (χ0v) is 13.2. The van der Waals surface area contributed by atoms with Crippen LogP contribution in [0.15, 0.2) is 6.33 Å². The number of rotatable bonds is 9. The van der Waals surface area contributed by atoms with E-state index in [0.29, 0.717) is 12.0 Å². The monoisotopic (exact) mass is 266 g/mol. The van der Waals surface area contributed by atoms with Gasteiger partial charge in [0.1, 0.15) is 12.2 Å². The highest BCUT2D eigenvalue weighted by Crippen LogP contribution is 2.16. The Morgan fingerprint density at radius 2 is 2.00 bits per heavy atom. The molecule has 0 aliphatic rings. The number of nitrogens with zero attached hydrogens (tertiary/aromatic N) is 3. The maximum absolute atomic E-state index is 4.43. The lowest BCUT2D eigenvalue weighted by molar-refractivity contribution is 0.361. The van der Waals surface area contributed by atoms with Crippen LogP contribution in [0.5, 0.6) is 0 Å². The van der Waals surface area contributed by atoms with Gasteiger partial charge < -0.3 is 5.32 Å². The van der Waals surface area contributed by atoms with Gasteiger partial charge in [0.25, 0.3) is 0 Å². The molecule has 1 atom stereocenters. The predicted molar refractivity (Wildman–Crippen MR) is 80.1 cm³/mol. The zero-order valence-electron chi connectivity index (χ0n) is 13.2. The molecule has 1 N–H and O–H groups in total. The third-order valence-electron chi connectivity index (χ3n) is 3.22. The molecule has 0 fully saturated rings. The maximum atomic E-state index is 4.43. The van der Waals surface area contributed by atoms with Crippen LogP contribution in [-0.4, -0.2) is 27.4 Å². The number of nitrogens with one attached hydrogen (secondary N) is 1. The minimum absolute atomic E-state index is 0.545. The van der Waals surface area contributed by atoms with Gasteiger partial charge in [0, 0.05) is 19.0 Å². The fraction of sp³-hybridized carbons (Fsp3) is 0.867. The Hall–Kier alpha value is -0.900. The molecule has 19 heavy (non-hydrogen) atoms. The summed E-state index contributed by atoms with van der Waals surface area (Å²) in [5, 5.41) is 7.88. The van der Waals surface area contributed by atoms with Crippen molar-refractivity contribution < 1.29 is 0 Å².